The van der Waals surface area contributed by atoms with Crippen LogP contribution >= 0.6 is 0 Å². The second-order valence-corrected chi connectivity index (χ2v) is 6.91. The fourth-order valence-electron chi connectivity index (χ4n) is 1.52. The number of hydrogen-bond donors (Lipinski definition) is 1. The Morgan fingerprint density at radius 3 is 2.37 bits per heavy atom. The van der Waals surface area contributed by atoms with E-state index in [1.165, 1.54) is 18.3 Å². The molecule has 0 fully saturated rings. The van der Waals surface area contributed by atoms with Gasteiger partial charge in [0.15, 0.2) is 0 Å². The quantitative estimate of drug-likeness (QED) is 0.896. The van der Waals surface area contributed by atoms with E-state index in [-0.39, 0.29) is 16.4 Å². The molecule has 0 bridgehead atoms. The van der Waals surface area contributed by atoms with Crippen LogP contribution in [0.5, 0.6) is 0 Å². The van der Waals surface area contributed by atoms with Gasteiger partial charge in [-0.05, 0) is 27.2 Å². The second-order valence-electron chi connectivity index (χ2n) is 4.97. The van der Waals surface area contributed by atoms with Crippen LogP contribution in [0, 0.1) is 6.92 Å². The van der Waals surface area contributed by atoms with Gasteiger partial charge in [0.25, 0.3) is 0 Å². The van der Waals surface area contributed by atoms with Crippen molar-refractivity contribution in [3.63, 3.8) is 0 Å². The largest absolute Gasteiger partial charge is 0.475 e. The molecule has 1 aromatic heterocycles. The molecule has 0 aliphatic carbocycles. The first-order chi connectivity index (χ1) is 8.54. The van der Waals surface area contributed by atoms with Crippen molar-refractivity contribution in [1.29, 1.82) is 0 Å². The molecule has 0 aliphatic heterocycles. The topological polar surface area (TPSA) is 87.8 Å². The van der Waals surface area contributed by atoms with Gasteiger partial charge in [-0.2, -0.15) is 4.31 Å². The molecule has 1 aromatic rings. The Morgan fingerprint density at radius 2 is 2.00 bits per heavy atom. The summed E-state index contributed by atoms with van der Waals surface area (Å²) in [5.74, 6) is -1.59. The van der Waals surface area contributed by atoms with E-state index in [1.807, 2.05) is 6.92 Å². The highest BCUT2D eigenvalue weighted by atomic mass is 32.2. The first kappa shape index (κ1) is 15.7. The second kappa shape index (κ2) is 4.97. The lowest BCUT2D eigenvalue weighted by atomic mass is 10.0. The lowest BCUT2D eigenvalue weighted by Crippen LogP contribution is -2.44. The van der Waals surface area contributed by atoms with Gasteiger partial charge in [-0.25, -0.2) is 13.2 Å². The summed E-state index contributed by atoms with van der Waals surface area (Å²) in [6.45, 7) is 6.93. The van der Waals surface area contributed by atoms with Gasteiger partial charge in [-0.3, -0.25) is 0 Å². The number of hydrogen-bond acceptors (Lipinski definition) is 4. The van der Waals surface area contributed by atoms with Crippen LogP contribution in [0.3, 0.4) is 0 Å². The van der Waals surface area contributed by atoms with Crippen molar-refractivity contribution < 1.29 is 22.7 Å². The van der Waals surface area contributed by atoms with E-state index in [9.17, 15) is 13.2 Å². The third-order valence-electron chi connectivity index (χ3n) is 3.44. The molecule has 0 aromatic carbocycles. The Bertz CT molecular complexity index is 585. The summed E-state index contributed by atoms with van der Waals surface area (Å²) in [5.41, 5.74) is -0.564. The van der Waals surface area contributed by atoms with Gasteiger partial charge in [0, 0.05) is 18.7 Å². The average Bonchev–Trinajstić information content (AvgIpc) is 2.71. The number of aryl methyl sites for hydroxylation is 1. The third-order valence-corrected chi connectivity index (χ3v) is 5.62. The number of nitrogens with zero attached hydrogens (tertiary/aromatic N) is 1. The summed E-state index contributed by atoms with van der Waals surface area (Å²) in [6.07, 6.45) is 0.630. The summed E-state index contributed by atoms with van der Waals surface area (Å²) in [6, 6.07) is 1.05. The minimum atomic E-state index is -3.78. The van der Waals surface area contributed by atoms with E-state index in [0.29, 0.717) is 6.42 Å². The van der Waals surface area contributed by atoms with Gasteiger partial charge in [0.1, 0.15) is 10.7 Å². The van der Waals surface area contributed by atoms with Gasteiger partial charge >= 0.3 is 5.97 Å². The van der Waals surface area contributed by atoms with Crippen LogP contribution in [-0.2, 0) is 10.0 Å². The molecule has 0 saturated carbocycles. The zero-order valence-electron chi connectivity index (χ0n) is 11.7. The predicted octanol–water partition coefficient (Wildman–Crippen LogP) is 2.10. The zero-order valence-corrected chi connectivity index (χ0v) is 12.5. The summed E-state index contributed by atoms with van der Waals surface area (Å²) in [4.78, 5) is 10.7. The summed E-state index contributed by atoms with van der Waals surface area (Å²) >= 11 is 0. The number of rotatable bonds is 5. The molecule has 19 heavy (non-hydrogen) atoms. The molecule has 7 heteroatoms. The van der Waals surface area contributed by atoms with Crippen LogP contribution in [0.1, 0.15) is 43.5 Å². The predicted molar refractivity (Wildman–Crippen MR) is 69.7 cm³/mol. The fraction of sp³-hybridized carbons (Fsp3) is 0.583. The molecular weight excluding hydrogens is 270 g/mol. The molecule has 0 unspecified atom stereocenters. The van der Waals surface area contributed by atoms with Gasteiger partial charge in [0.2, 0.25) is 15.8 Å². The Morgan fingerprint density at radius 1 is 1.47 bits per heavy atom. The molecule has 0 aliphatic rings. The number of carboxylic acids is 1. The number of aromatic carboxylic acids is 1. The van der Waals surface area contributed by atoms with Crippen LogP contribution in [0.25, 0.3) is 0 Å². The molecule has 0 radical (unpaired) electrons. The summed E-state index contributed by atoms with van der Waals surface area (Å²) < 4.78 is 31.1. The lowest BCUT2D eigenvalue weighted by Gasteiger charge is -2.33. The van der Waals surface area contributed by atoms with Gasteiger partial charge in [-0.1, -0.05) is 6.92 Å². The monoisotopic (exact) mass is 289 g/mol. The molecule has 0 amide bonds. The summed E-state index contributed by atoms with van der Waals surface area (Å²) in [5, 5.41) is 8.83. The van der Waals surface area contributed by atoms with Crippen molar-refractivity contribution >= 4 is 16.0 Å². The molecular formula is C12H19NO5S. The molecule has 1 heterocycles. The molecule has 1 N–H and O–H groups in total. The standard InChI is InChI=1S/C12H19NO5S/c1-6-12(3,4)13(5)19(16,17)10-7-9(11(14)15)18-8(10)2/h7H,6H2,1-5H3,(H,14,15). The smallest absolute Gasteiger partial charge is 0.371 e. The van der Waals surface area contributed by atoms with E-state index in [2.05, 4.69) is 0 Å². The van der Waals surface area contributed by atoms with Gasteiger partial charge in [0.05, 0.1) is 0 Å². The minimum Gasteiger partial charge on any atom is -0.475 e. The first-order valence-electron chi connectivity index (χ1n) is 5.86. The molecule has 0 saturated heterocycles. The number of sulfonamides is 1. The van der Waals surface area contributed by atoms with Crippen LogP contribution in [0.15, 0.2) is 15.4 Å². The maximum atomic E-state index is 12.5. The van der Waals surface area contributed by atoms with Crippen LogP contribution in [0.2, 0.25) is 0 Å². The zero-order chi connectivity index (χ0) is 15.0. The van der Waals surface area contributed by atoms with Crippen molar-refractivity contribution in [3.8, 4) is 0 Å². The Hall–Kier alpha value is -1.34. The van der Waals surface area contributed by atoms with Gasteiger partial charge in [-0.15, -0.1) is 0 Å². The normalized spacial score (nSPS) is 12.9. The van der Waals surface area contributed by atoms with Crippen LogP contribution in [0.4, 0.5) is 0 Å². The lowest BCUT2D eigenvalue weighted by molar-refractivity contribution is 0.0661. The van der Waals surface area contributed by atoms with E-state index in [1.54, 1.807) is 13.8 Å². The summed E-state index contributed by atoms with van der Waals surface area (Å²) in [7, 11) is -2.30. The van der Waals surface area contributed by atoms with Crippen molar-refractivity contribution in [3.05, 3.63) is 17.6 Å². The number of carboxylic acid groups (broad SMARTS) is 1. The van der Waals surface area contributed by atoms with Crippen LogP contribution in [-0.4, -0.2) is 36.4 Å². The SMILES string of the molecule is CCC(C)(C)N(C)S(=O)(=O)c1cc(C(=O)O)oc1C. The molecule has 108 valence electrons. The van der Waals surface area contributed by atoms with E-state index < -0.39 is 21.5 Å². The highest BCUT2D eigenvalue weighted by Crippen LogP contribution is 2.28. The van der Waals surface area contributed by atoms with E-state index in [0.717, 1.165) is 6.07 Å². The average molecular weight is 289 g/mol. The highest BCUT2D eigenvalue weighted by Gasteiger charge is 2.35. The molecule has 6 nitrogen and oxygen atoms in total. The number of carbonyl (C=O) groups is 1. The highest BCUT2D eigenvalue weighted by molar-refractivity contribution is 7.89. The molecule has 0 spiro atoms. The van der Waals surface area contributed by atoms with Crippen molar-refractivity contribution in [2.75, 3.05) is 7.05 Å². The fourth-order valence-corrected chi connectivity index (χ4v) is 3.26. The van der Waals surface area contributed by atoms with Crippen molar-refractivity contribution in [1.82, 2.24) is 4.31 Å². The Kier molecular flexibility index (Phi) is 4.11. The maximum Gasteiger partial charge on any atom is 0.371 e. The molecule has 0 atom stereocenters. The Balaban J connectivity index is 3.32. The van der Waals surface area contributed by atoms with Crippen LogP contribution < -0.4 is 0 Å². The minimum absolute atomic E-state index is 0.0798. The van der Waals surface area contributed by atoms with E-state index in [4.69, 9.17) is 9.52 Å². The molecule has 1 rings (SSSR count). The maximum absolute atomic E-state index is 12.5. The van der Waals surface area contributed by atoms with Crippen molar-refractivity contribution in [2.24, 2.45) is 0 Å². The first-order valence-corrected chi connectivity index (χ1v) is 7.30. The Labute approximate surface area is 113 Å². The number of furan rings is 1. The van der Waals surface area contributed by atoms with E-state index >= 15 is 0 Å². The van der Waals surface area contributed by atoms with Crippen molar-refractivity contribution in [2.45, 2.75) is 44.6 Å². The van der Waals surface area contributed by atoms with Gasteiger partial charge < -0.3 is 9.52 Å². The third kappa shape index (κ3) is 2.82.